The van der Waals surface area contributed by atoms with Gasteiger partial charge in [-0.15, -0.1) is 5.10 Å². The van der Waals surface area contributed by atoms with Crippen LogP contribution in [0.5, 0.6) is 0 Å². The van der Waals surface area contributed by atoms with E-state index in [0.29, 0.717) is 12.5 Å². The number of ether oxygens (including phenoxy) is 1. The molecule has 7 heavy (non-hydrogen) atoms. The maximum absolute atomic E-state index is 6.41. The maximum Gasteiger partial charge on any atom is 0.232 e. The third-order valence-corrected chi connectivity index (χ3v) is 0.698. The van der Waals surface area contributed by atoms with Gasteiger partial charge in [-0.3, -0.25) is 0 Å². The minimum absolute atomic E-state index is 0.403. The van der Waals surface area contributed by atoms with Crippen LogP contribution in [0.4, 0.5) is 0 Å². The highest BCUT2D eigenvalue weighted by Gasteiger charge is 1.97. The number of nitrogens with zero attached hydrogens (tertiary/aromatic N) is 1. The van der Waals surface area contributed by atoms with E-state index in [1.807, 2.05) is 6.08 Å². The lowest BCUT2D eigenvalue weighted by atomic mass is 10.6. The summed E-state index contributed by atoms with van der Waals surface area (Å²) in [5.74, 6) is 6.81. The first kappa shape index (κ1) is 4.18. The number of rotatable bonds is 0. The SMILES string of the molecule is [NH]N=C1C=CCO1. The van der Waals surface area contributed by atoms with Crippen LogP contribution in [-0.4, -0.2) is 12.5 Å². The molecule has 1 N–H and O–H groups in total. The summed E-state index contributed by atoms with van der Waals surface area (Å²) in [6, 6.07) is 0. The van der Waals surface area contributed by atoms with Gasteiger partial charge in [0.1, 0.15) is 6.61 Å². The first-order valence-corrected chi connectivity index (χ1v) is 1.97. The smallest absolute Gasteiger partial charge is 0.232 e. The van der Waals surface area contributed by atoms with Crippen molar-refractivity contribution in [3.8, 4) is 0 Å². The largest absolute Gasteiger partial charge is 0.472 e. The zero-order valence-electron chi connectivity index (χ0n) is 3.72. The van der Waals surface area contributed by atoms with E-state index in [1.165, 1.54) is 0 Å². The summed E-state index contributed by atoms with van der Waals surface area (Å²) in [4.78, 5) is 0. The summed E-state index contributed by atoms with van der Waals surface area (Å²) in [6.07, 6.45) is 3.49. The van der Waals surface area contributed by atoms with Crippen molar-refractivity contribution in [1.29, 1.82) is 0 Å². The molecular formula is C4H5N2O. The van der Waals surface area contributed by atoms with E-state index in [4.69, 9.17) is 10.6 Å². The molecule has 3 heteroatoms. The highest BCUT2D eigenvalue weighted by molar-refractivity contribution is 5.89. The summed E-state index contributed by atoms with van der Waals surface area (Å²) in [5, 5.41) is 3.05. The molecule has 37 valence electrons. The Bertz CT molecular complexity index is 114. The van der Waals surface area contributed by atoms with Crippen molar-refractivity contribution in [1.82, 2.24) is 5.84 Å². The van der Waals surface area contributed by atoms with Crippen molar-refractivity contribution in [3.63, 3.8) is 0 Å². The van der Waals surface area contributed by atoms with Crippen LogP contribution in [0.25, 0.3) is 0 Å². The molecule has 1 aliphatic rings. The highest BCUT2D eigenvalue weighted by atomic mass is 16.5. The third-order valence-electron chi connectivity index (χ3n) is 0.698. The Balaban J connectivity index is 2.59. The van der Waals surface area contributed by atoms with Gasteiger partial charge in [0.25, 0.3) is 0 Å². The molecule has 0 aromatic carbocycles. The van der Waals surface area contributed by atoms with Crippen molar-refractivity contribution in [2.75, 3.05) is 6.61 Å². The molecule has 0 amide bonds. The topological polar surface area (TPSA) is 45.4 Å². The second-order valence-electron chi connectivity index (χ2n) is 1.16. The molecule has 0 spiro atoms. The Morgan fingerprint density at radius 1 is 1.86 bits per heavy atom. The second-order valence-corrected chi connectivity index (χ2v) is 1.16. The van der Waals surface area contributed by atoms with Gasteiger partial charge in [0.15, 0.2) is 0 Å². The van der Waals surface area contributed by atoms with Gasteiger partial charge < -0.3 is 4.74 Å². The Labute approximate surface area is 41.5 Å². The van der Waals surface area contributed by atoms with Gasteiger partial charge in [0, 0.05) is 6.08 Å². The first-order valence-electron chi connectivity index (χ1n) is 1.97. The predicted octanol–water partition coefficient (Wildman–Crippen LogP) is 0.169. The molecule has 1 rings (SSSR count). The Kier molecular flexibility index (Phi) is 0.978. The first-order chi connectivity index (χ1) is 3.43. The maximum atomic E-state index is 6.41. The number of nitrogens with one attached hydrogen (secondary N) is 1. The second kappa shape index (κ2) is 1.64. The fraction of sp³-hybridized carbons (Fsp3) is 0.250. The molecule has 1 aliphatic heterocycles. The lowest BCUT2D eigenvalue weighted by Gasteiger charge is -1.88. The highest BCUT2D eigenvalue weighted by Crippen LogP contribution is 1.92. The molecule has 0 atom stereocenters. The van der Waals surface area contributed by atoms with Crippen molar-refractivity contribution in [3.05, 3.63) is 12.2 Å². The van der Waals surface area contributed by atoms with Gasteiger partial charge in [-0.2, -0.15) is 0 Å². The van der Waals surface area contributed by atoms with Crippen LogP contribution < -0.4 is 5.84 Å². The monoisotopic (exact) mass is 97.0 g/mol. The van der Waals surface area contributed by atoms with E-state index in [-0.39, 0.29) is 0 Å². The molecule has 0 aromatic heterocycles. The van der Waals surface area contributed by atoms with Gasteiger partial charge in [-0.05, 0) is 6.08 Å². The van der Waals surface area contributed by atoms with E-state index in [0.717, 1.165) is 0 Å². The molecule has 0 saturated heterocycles. The van der Waals surface area contributed by atoms with E-state index < -0.39 is 0 Å². The van der Waals surface area contributed by atoms with Crippen molar-refractivity contribution < 1.29 is 4.74 Å². The van der Waals surface area contributed by atoms with Gasteiger partial charge in [0.2, 0.25) is 5.90 Å². The Morgan fingerprint density at radius 3 is 3.00 bits per heavy atom. The quantitative estimate of drug-likeness (QED) is 0.397. The molecule has 0 aromatic rings. The molecule has 0 bridgehead atoms. The molecule has 0 saturated carbocycles. The van der Waals surface area contributed by atoms with Crippen LogP contribution in [0.2, 0.25) is 0 Å². The fourth-order valence-corrected chi connectivity index (χ4v) is 0.400. The number of hydrogen-bond acceptors (Lipinski definition) is 2. The lowest BCUT2D eigenvalue weighted by Crippen LogP contribution is -1.92. The van der Waals surface area contributed by atoms with E-state index >= 15 is 0 Å². The van der Waals surface area contributed by atoms with E-state index in [9.17, 15) is 0 Å². The molecule has 1 heterocycles. The average molecular weight is 97.1 g/mol. The van der Waals surface area contributed by atoms with Crippen LogP contribution in [0.1, 0.15) is 0 Å². The van der Waals surface area contributed by atoms with Gasteiger partial charge in [-0.25, -0.2) is 5.84 Å². The van der Waals surface area contributed by atoms with E-state index in [1.54, 1.807) is 6.08 Å². The Hall–Kier alpha value is -0.990. The third kappa shape index (κ3) is 0.707. The minimum atomic E-state index is 0.403. The van der Waals surface area contributed by atoms with Crippen LogP contribution in [0.15, 0.2) is 17.3 Å². The molecule has 3 nitrogen and oxygen atoms in total. The van der Waals surface area contributed by atoms with Gasteiger partial charge >= 0.3 is 0 Å². The minimum Gasteiger partial charge on any atom is -0.472 e. The summed E-state index contributed by atoms with van der Waals surface area (Å²) in [5.41, 5.74) is 0. The molecule has 0 unspecified atom stereocenters. The average Bonchev–Trinajstić information content (AvgIpc) is 2.14. The van der Waals surface area contributed by atoms with Crippen molar-refractivity contribution in [2.45, 2.75) is 0 Å². The summed E-state index contributed by atoms with van der Waals surface area (Å²) >= 11 is 0. The van der Waals surface area contributed by atoms with Crippen molar-refractivity contribution in [2.24, 2.45) is 5.10 Å². The standard InChI is InChI=1S/C4H5N2O/c5-6-4-2-1-3-7-4/h1-2,5H,3H2. The fourth-order valence-electron chi connectivity index (χ4n) is 0.400. The van der Waals surface area contributed by atoms with Crippen LogP contribution in [0.3, 0.4) is 0 Å². The zero-order valence-corrected chi connectivity index (χ0v) is 3.72. The van der Waals surface area contributed by atoms with Crippen molar-refractivity contribution >= 4 is 5.90 Å². The Morgan fingerprint density at radius 2 is 2.71 bits per heavy atom. The molecule has 0 fully saturated rings. The lowest BCUT2D eigenvalue weighted by molar-refractivity contribution is 0.365. The van der Waals surface area contributed by atoms with Crippen LogP contribution in [-0.2, 0) is 4.74 Å². The molecule has 1 radical (unpaired) electrons. The van der Waals surface area contributed by atoms with Gasteiger partial charge in [0.05, 0.1) is 0 Å². The zero-order chi connectivity index (χ0) is 5.11. The van der Waals surface area contributed by atoms with E-state index in [2.05, 4.69) is 5.10 Å². The number of hydrogen-bond donors (Lipinski definition) is 0. The van der Waals surface area contributed by atoms with Gasteiger partial charge in [-0.1, -0.05) is 0 Å². The summed E-state index contributed by atoms with van der Waals surface area (Å²) in [7, 11) is 0. The summed E-state index contributed by atoms with van der Waals surface area (Å²) in [6.45, 7) is 0.567. The van der Waals surface area contributed by atoms with Crippen LogP contribution >= 0.6 is 0 Å². The van der Waals surface area contributed by atoms with Crippen LogP contribution in [0, 0.1) is 0 Å². The summed E-state index contributed by atoms with van der Waals surface area (Å²) < 4.78 is 4.75. The normalized spacial score (nSPS) is 23.1. The molecular weight excluding hydrogens is 92.1 g/mol. The molecule has 0 aliphatic carbocycles. The predicted molar refractivity (Wildman–Crippen MR) is 25.6 cm³/mol.